The summed E-state index contributed by atoms with van der Waals surface area (Å²) < 4.78 is 5.36. The zero-order chi connectivity index (χ0) is 12.8. The molecule has 4 nitrogen and oxygen atoms in total. The van der Waals surface area contributed by atoms with Crippen LogP contribution in [0.4, 0.5) is 0 Å². The molecular weight excluding hydrogens is 240 g/mol. The molecule has 0 aromatic rings. The van der Waals surface area contributed by atoms with Crippen LogP contribution in [0.1, 0.15) is 25.7 Å². The monoisotopic (exact) mass is 264 g/mol. The molecule has 1 aliphatic carbocycles. The molecule has 106 valence electrons. The van der Waals surface area contributed by atoms with Crippen molar-refractivity contribution in [1.82, 2.24) is 9.80 Å². The maximum absolute atomic E-state index is 12.5. The van der Waals surface area contributed by atoms with Gasteiger partial charge in [-0.2, -0.15) is 0 Å². The van der Waals surface area contributed by atoms with E-state index in [9.17, 15) is 4.79 Å². The van der Waals surface area contributed by atoms with Gasteiger partial charge in [-0.25, -0.2) is 0 Å². The van der Waals surface area contributed by atoms with Gasteiger partial charge >= 0.3 is 0 Å². The van der Waals surface area contributed by atoms with E-state index in [-0.39, 0.29) is 5.92 Å². The maximum Gasteiger partial charge on any atom is 0.225 e. The molecule has 19 heavy (non-hydrogen) atoms. The number of carbonyl (C=O) groups excluding carboxylic acids is 1. The highest BCUT2D eigenvalue weighted by atomic mass is 16.5. The highest BCUT2D eigenvalue weighted by Crippen LogP contribution is 2.38. The van der Waals surface area contributed by atoms with Gasteiger partial charge in [0.25, 0.3) is 0 Å². The topological polar surface area (TPSA) is 32.8 Å². The van der Waals surface area contributed by atoms with Gasteiger partial charge in [-0.05, 0) is 37.5 Å². The number of ether oxygens (including phenoxy) is 1. The molecule has 0 aromatic carbocycles. The average Bonchev–Trinajstić information content (AvgIpc) is 3.10. The van der Waals surface area contributed by atoms with Crippen molar-refractivity contribution in [2.75, 3.05) is 39.4 Å². The Labute approximate surface area is 115 Å². The van der Waals surface area contributed by atoms with Crippen LogP contribution in [0, 0.1) is 17.8 Å². The normalized spacial score (nSPS) is 36.7. The van der Waals surface area contributed by atoms with Gasteiger partial charge in [0.15, 0.2) is 0 Å². The molecule has 4 aliphatic rings. The highest BCUT2D eigenvalue weighted by molar-refractivity contribution is 5.79. The summed E-state index contributed by atoms with van der Waals surface area (Å²) in [4.78, 5) is 17.4. The van der Waals surface area contributed by atoms with Crippen molar-refractivity contribution in [3.8, 4) is 0 Å². The van der Waals surface area contributed by atoms with E-state index in [0.717, 1.165) is 57.0 Å². The Hall–Kier alpha value is -0.610. The SMILES string of the molecule is O=C(C1CCOCC1)N1CC2CN(C3CC3)CC2C1. The van der Waals surface area contributed by atoms with E-state index in [1.165, 1.54) is 25.9 Å². The third-order valence-corrected chi connectivity index (χ3v) is 5.46. The first-order chi connectivity index (χ1) is 9.31. The van der Waals surface area contributed by atoms with Gasteiger partial charge in [-0.15, -0.1) is 0 Å². The van der Waals surface area contributed by atoms with Crippen LogP contribution in [0.2, 0.25) is 0 Å². The van der Waals surface area contributed by atoms with Gasteiger partial charge < -0.3 is 9.64 Å². The summed E-state index contributed by atoms with van der Waals surface area (Å²) in [6, 6.07) is 0.894. The summed E-state index contributed by atoms with van der Waals surface area (Å²) in [5, 5.41) is 0. The number of rotatable bonds is 2. The van der Waals surface area contributed by atoms with E-state index in [1.807, 2.05) is 0 Å². The lowest BCUT2D eigenvalue weighted by Gasteiger charge is -2.27. The van der Waals surface area contributed by atoms with Gasteiger partial charge in [-0.3, -0.25) is 9.69 Å². The van der Waals surface area contributed by atoms with E-state index in [2.05, 4.69) is 9.80 Å². The lowest BCUT2D eigenvalue weighted by molar-refractivity contribution is -0.137. The van der Waals surface area contributed by atoms with Crippen molar-refractivity contribution in [3.63, 3.8) is 0 Å². The zero-order valence-corrected chi connectivity index (χ0v) is 11.6. The number of hydrogen-bond acceptors (Lipinski definition) is 3. The summed E-state index contributed by atoms with van der Waals surface area (Å²) in [6.07, 6.45) is 4.67. The summed E-state index contributed by atoms with van der Waals surface area (Å²) >= 11 is 0. The number of carbonyl (C=O) groups is 1. The average molecular weight is 264 g/mol. The molecule has 4 fully saturated rings. The molecule has 0 aromatic heterocycles. The molecular formula is C15H24N2O2. The Bertz CT molecular complexity index is 349. The fraction of sp³-hybridized carbons (Fsp3) is 0.933. The van der Waals surface area contributed by atoms with Crippen LogP contribution >= 0.6 is 0 Å². The van der Waals surface area contributed by atoms with Gasteiger partial charge in [-0.1, -0.05) is 0 Å². The minimum atomic E-state index is 0.243. The number of fused-ring (bicyclic) bond motifs is 1. The predicted molar refractivity (Wildman–Crippen MR) is 71.7 cm³/mol. The van der Waals surface area contributed by atoms with Crippen molar-refractivity contribution >= 4 is 5.91 Å². The Balaban J connectivity index is 1.34. The van der Waals surface area contributed by atoms with Crippen molar-refractivity contribution in [2.45, 2.75) is 31.7 Å². The lowest BCUT2D eigenvalue weighted by atomic mass is 9.99. The summed E-state index contributed by atoms with van der Waals surface area (Å²) in [7, 11) is 0. The van der Waals surface area contributed by atoms with E-state index >= 15 is 0 Å². The molecule has 2 atom stereocenters. The molecule has 3 aliphatic heterocycles. The zero-order valence-electron chi connectivity index (χ0n) is 11.6. The molecule has 3 heterocycles. The smallest absolute Gasteiger partial charge is 0.225 e. The van der Waals surface area contributed by atoms with Crippen LogP contribution < -0.4 is 0 Å². The number of amides is 1. The van der Waals surface area contributed by atoms with E-state index in [0.29, 0.717) is 5.91 Å². The minimum Gasteiger partial charge on any atom is -0.381 e. The van der Waals surface area contributed by atoms with Crippen LogP contribution in [0.25, 0.3) is 0 Å². The first-order valence-electron chi connectivity index (χ1n) is 7.92. The molecule has 0 bridgehead atoms. The molecule has 1 amide bonds. The first kappa shape index (κ1) is 12.2. The van der Waals surface area contributed by atoms with Crippen LogP contribution in [-0.4, -0.2) is 61.1 Å². The highest BCUT2D eigenvalue weighted by Gasteiger charge is 2.45. The van der Waals surface area contributed by atoms with E-state index in [1.54, 1.807) is 0 Å². The molecule has 3 saturated heterocycles. The molecule has 4 rings (SSSR count). The van der Waals surface area contributed by atoms with Crippen LogP contribution in [0.5, 0.6) is 0 Å². The third-order valence-electron chi connectivity index (χ3n) is 5.46. The second kappa shape index (κ2) is 4.74. The van der Waals surface area contributed by atoms with Crippen molar-refractivity contribution < 1.29 is 9.53 Å². The van der Waals surface area contributed by atoms with Gasteiger partial charge in [0.2, 0.25) is 5.91 Å². The Kier molecular flexibility index (Phi) is 3.03. The number of hydrogen-bond donors (Lipinski definition) is 0. The summed E-state index contributed by atoms with van der Waals surface area (Å²) in [6.45, 7) is 6.06. The van der Waals surface area contributed by atoms with Gasteiger partial charge in [0.1, 0.15) is 0 Å². The second-order valence-corrected chi connectivity index (χ2v) is 6.84. The Morgan fingerprint density at radius 2 is 1.53 bits per heavy atom. The van der Waals surface area contributed by atoms with Gasteiger partial charge in [0, 0.05) is 51.4 Å². The van der Waals surface area contributed by atoms with Gasteiger partial charge in [0.05, 0.1) is 0 Å². The van der Waals surface area contributed by atoms with E-state index in [4.69, 9.17) is 4.74 Å². The Morgan fingerprint density at radius 1 is 0.895 bits per heavy atom. The predicted octanol–water partition coefficient (Wildman–Crippen LogP) is 0.966. The van der Waals surface area contributed by atoms with Crippen molar-refractivity contribution in [2.24, 2.45) is 17.8 Å². The first-order valence-corrected chi connectivity index (χ1v) is 7.92. The van der Waals surface area contributed by atoms with Crippen molar-refractivity contribution in [3.05, 3.63) is 0 Å². The van der Waals surface area contributed by atoms with Crippen molar-refractivity contribution in [1.29, 1.82) is 0 Å². The second-order valence-electron chi connectivity index (χ2n) is 6.84. The number of nitrogens with zero attached hydrogens (tertiary/aromatic N) is 2. The lowest BCUT2D eigenvalue weighted by Crippen LogP contribution is -2.39. The van der Waals surface area contributed by atoms with E-state index < -0.39 is 0 Å². The quantitative estimate of drug-likeness (QED) is 0.745. The van der Waals surface area contributed by atoms with Crippen LogP contribution in [0.3, 0.4) is 0 Å². The molecule has 1 saturated carbocycles. The molecule has 0 N–H and O–H groups in total. The molecule has 2 unspecified atom stereocenters. The fourth-order valence-corrected chi connectivity index (χ4v) is 4.15. The maximum atomic E-state index is 12.5. The summed E-state index contributed by atoms with van der Waals surface area (Å²) in [5.74, 6) is 2.16. The standard InChI is InChI=1S/C15H24N2O2/c18-15(11-3-5-19-6-4-11)17-9-12-7-16(14-1-2-14)8-13(12)10-17/h11-14H,1-10H2. The van der Waals surface area contributed by atoms with Crippen LogP contribution in [-0.2, 0) is 9.53 Å². The molecule has 4 heteroatoms. The summed E-state index contributed by atoms with van der Waals surface area (Å²) in [5.41, 5.74) is 0. The largest absolute Gasteiger partial charge is 0.381 e. The Morgan fingerprint density at radius 3 is 2.11 bits per heavy atom. The third kappa shape index (κ3) is 2.29. The molecule has 0 spiro atoms. The fourth-order valence-electron chi connectivity index (χ4n) is 4.15. The number of likely N-dealkylation sites (tertiary alicyclic amines) is 2. The van der Waals surface area contributed by atoms with Crippen LogP contribution in [0.15, 0.2) is 0 Å². The minimum absolute atomic E-state index is 0.243. The molecule has 0 radical (unpaired) electrons.